The number of ether oxygens (including phenoxy) is 1. The molecule has 158 valence electrons. The first-order valence-electron chi connectivity index (χ1n) is 8.58. The molecule has 0 atom stereocenters. The fraction of sp³-hybridized carbons (Fsp3) is 0.0526. The second-order valence-electron chi connectivity index (χ2n) is 6.05. The summed E-state index contributed by atoms with van der Waals surface area (Å²) in [5.74, 6) is 0.761. The van der Waals surface area contributed by atoms with Crippen LogP contribution in [-0.4, -0.2) is 21.0 Å². The quantitative estimate of drug-likeness (QED) is 0.248. The smallest absolute Gasteiger partial charge is 0.287 e. The van der Waals surface area contributed by atoms with Gasteiger partial charge in [-0.1, -0.05) is 11.6 Å². The van der Waals surface area contributed by atoms with Gasteiger partial charge in [0.1, 0.15) is 18.6 Å². The molecule has 3 rings (SSSR count). The standard InChI is InChI=1S/C19H13BrClN5O5/c20-16-7-13(9-23-24-18-6-5-15(10-22-18)26(29)30)8-17(21)19(16)31-11-12-1-3-14(4-2-12)25(27)28/h1-10H,11H2,(H,22,24)/b23-9+. The van der Waals surface area contributed by atoms with Crippen LogP contribution in [0.5, 0.6) is 5.75 Å². The average molecular weight is 507 g/mol. The zero-order chi connectivity index (χ0) is 22.4. The van der Waals surface area contributed by atoms with E-state index in [1.54, 1.807) is 24.3 Å². The molecule has 0 spiro atoms. The number of nitro groups is 2. The third-order valence-electron chi connectivity index (χ3n) is 3.90. The van der Waals surface area contributed by atoms with E-state index in [9.17, 15) is 20.2 Å². The van der Waals surface area contributed by atoms with Crippen LogP contribution in [0.2, 0.25) is 5.02 Å². The highest BCUT2D eigenvalue weighted by Crippen LogP contribution is 2.34. The van der Waals surface area contributed by atoms with Crippen LogP contribution < -0.4 is 10.2 Å². The van der Waals surface area contributed by atoms with Crippen molar-refractivity contribution in [2.24, 2.45) is 5.10 Å². The molecule has 12 heteroatoms. The summed E-state index contributed by atoms with van der Waals surface area (Å²) < 4.78 is 6.33. The van der Waals surface area contributed by atoms with Gasteiger partial charge in [0, 0.05) is 18.2 Å². The molecule has 1 heterocycles. The fourth-order valence-corrected chi connectivity index (χ4v) is 3.38. The Morgan fingerprint density at radius 3 is 2.35 bits per heavy atom. The summed E-state index contributed by atoms with van der Waals surface area (Å²) >= 11 is 9.71. The molecule has 0 aliphatic rings. The van der Waals surface area contributed by atoms with E-state index in [-0.39, 0.29) is 18.0 Å². The molecule has 1 aromatic heterocycles. The SMILES string of the molecule is O=[N+]([O-])c1ccc(COc2c(Cl)cc(/C=N/Nc3ccc([N+](=O)[O-])cn3)cc2Br)cc1. The van der Waals surface area contributed by atoms with Gasteiger partial charge in [-0.3, -0.25) is 25.7 Å². The van der Waals surface area contributed by atoms with Gasteiger partial charge in [-0.15, -0.1) is 0 Å². The number of hydrogen-bond acceptors (Lipinski definition) is 8. The number of nitro benzene ring substituents is 1. The van der Waals surface area contributed by atoms with Gasteiger partial charge in [0.05, 0.1) is 25.6 Å². The highest BCUT2D eigenvalue weighted by molar-refractivity contribution is 9.10. The van der Waals surface area contributed by atoms with E-state index >= 15 is 0 Å². The van der Waals surface area contributed by atoms with E-state index < -0.39 is 9.85 Å². The Balaban J connectivity index is 1.63. The normalized spacial score (nSPS) is 10.8. The number of nitrogens with one attached hydrogen (secondary N) is 1. The monoisotopic (exact) mass is 505 g/mol. The molecule has 3 aromatic rings. The number of hydrogen-bond donors (Lipinski definition) is 1. The van der Waals surface area contributed by atoms with Crippen LogP contribution in [0.15, 0.2) is 64.3 Å². The van der Waals surface area contributed by atoms with Gasteiger partial charge in [-0.05, 0) is 57.4 Å². The third-order valence-corrected chi connectivity index (χ3v) is 4.77. The second kappa shape index (κ2) is 9.96. The summed E-state index contributed by atoms with van der Waals surface area (Å²) in [5.41, 5.74) is 3.97. The number of hydrazone groups is 1. The van der Waals surface area contributed by atoms with Crippen LogP contribution in [0.3, 0.4) is 0 Å². The number of anilines is 1. The molecule has 0 saturated heterocycles. The van der Waals surface area contributed by atoms with Gasteiger partial charge in [0.15, 0.2) is 5.75 Å². The van der Waals surface area contributed by atoms with Crippen molar-refractivity contribution in [3.63, 3.8) is 0 Å². The molecule has 0 fully saturated rings. The molecule has 1 N–H and O–H groups in total. The van der Waals surface area contributed by atoms with E-state index in [2.05, 4.69) is 31.4 Å². The van der Waals surface area contributed by atoms with Crippen molar-refractivity contribution in [1.82, 2.24) is 4.98 Å². The van der Waals surface area contributed by atoms with Crippen molar-refractivity contribution < 1.29 is 14.6 Å². The van der Waals surface area contributed by atoms with Crippen LogP contribution in [0.25, 0.3) is 0 Å². The Hall–Kier alpha value is -3.57. The summed E-state index contributed by atoms with van der Waals surface area (Å²) in [6.45, 7) is 0.178. The lowest BCUT2D eigenvalue weighted by Gasteiger charge is -2.11. The van der Waals surface area contributed by atoms with E-state index in [1.807, 2.05) is 0 Å². The van der Waals surface area contributed by atoms with E-state index in [0.717, 1.165) is 11.8 Å². The molecule has 31 heavy (non-hydrogen) atoms. The summed E-state index contributed by atoms with van der Waals surface area (Å²) in [6.07, 6.45) is 2.63. The van der Waals surface area contributed by atoms with Gasteiger partial charge in [-0.2, -0.15) is 5.10 Å². The van der Waals surface area contributed by atoms with Crippen LogP contribution >= 0.6 is 27.5 Å². The summed E-state index contributed by atoms with van der Waals surface area (Å²) in [5, 5.41) is 25.7. The molecule has 10 nitrogen and oxygen atoms in total. The number of rotatable bonds is 8. The Bertz CT molecular complexity index is 1120. The summed E-state index contributed by atoms with van der Waals surface area (Å²) in [7, 11) is 0. The maximum Gasteiger partial charge on any atom is 0.287 e. The lowest BCUT2D eigenvalue weighted by molar-refractivity contribution is -0.385. The predicted octanol–water partition coefficient (Wildman–Crippen LogP) is 5.34. The molecular weight excluding hydrogens is 494 g/mol. The fourth-order valence-electron chi connectivity index (χ4n) is 2.39. The average Bonchev–Trinajstić information content (AvgIpc) is 2.74. The van der Waals surface area contributed by atoms with Crippen LogP contribution in [-0.2, 0) is 6.61 Å². The highest BCUT2D eigenvalue weighted by atomic mass is 79.9. The van der Waals surface area contributed by atoms with Crippen LogP contribution in [0.4, 0.5) is 17.2 Å². The maximum absolute atomic E-state index is 10.7. The molecule has 0 unspecified atom stereocenters. The molecule has 0 aliphatic heterocycles. The minimum Gasteiger partial charge on any atom is -0.486 e. The van der Waals surface area contributed by atoms with E-state index in [1.165, 1.54) is 30.5 Å². The first-order chi connectivity index (χ1) is 14.8. The zero-order valence-electron chi connectivity index (χ0n) is 15.6. The van der Waals surface area contributed by atoms with Gasteiger partial charge >= 0.3 is 0 Å². The Morgan fingerprint density at radius 1 is 1.10 bits per heavy atom. The molecule has 0 aliphatic carbocycles. The van der Waals surface area contributed by atoms with Crippen molar-refractivity contribution in [1.29, 1.82) is 0 Å². The summed E-state index contributed by atoms with van der Waals surface area (Å²) in [6, 6.07) is 12.2. The lowest BCUT2D eigenvalue weighted by atomic mass is 10.2. The predicted molar refractivity (Wildman–Crippen MR) is 119 cm³/mol. The zero-order valence-corrected chi connectivity index (χ0v) is 17.9. The topological polar surface area (TPSA) is 133 Å². The number of benzene rings is 2. The molecule has 0 amide bonds. The first kappa shape index (κ1) is 22.1. The molecule has 0 radical (unpaired) electrons. The number of nitrogens with zero attached hydrogens (tertiary/aromatic N) is 4. The summed E-state index contributed by atoms with van der Waals surface area (Å²) in [4.78, 5) is 24.2. The maximum atomic E-state index is 10.7. The van der Waals surface area contributed by atoms with Gasteiger partial charge < -0.3 is 4.74 Å². The minimum atomic E-state index is -0.537. The lowest BCUT2D eigenvalue weighted by Crippen LogP contribution is -1.99. The second-order valence-corrected chi connectivity index (χ2v) is 7.32. The van der Waals surface area contributed by atoms with Crippen LogP contribution in [0.1, 0.15) is 11.1 Å². The van der Waals surface area contributed by atoms with Gasteiger partial charge in [0.2, 0.25) is 0 Å². The van der Waals surface area contributed by atoms with E-state index in [4.69, 9.17) is 16.3 Å². The molecule has 0 saturated carbocycles. The van der Waals surface area contributed by atoms with Crippen molar-refractivity contribution in [3.05, 3.63) is 95.6 Å². The van der Waals surface area contributed by atoms with Crippen molar-refractivity contribution in [2.45, 2.75) is 6.61 Å². The van der Waals surface area contributed by atoms with Crippen molar-refractivity contribution >= 4 is 50.9 Å². The Labute approximate surface area is 189 Å². The number of aromatic nitrogens is 1. The third kappa shape index (κ3) is 5.96. The van der Waals surface area contributed by atoms with Crippen molar-refractivity contribution in [2.75, 3.05) is 5.43 Å². The number of non-ortho nitro benzene ring substituents is 1. The Kier molecular flexibility index (Phi) is 7.11. The number of pyridine rings is 1. The molecule has 2 aromatic carbocycles. The molecule has 0 bridgehead atoms. The highest BCUT2D eigenvalue weighted by Gasteiger charge is 2.10. The van der Waals surface area contributed by atoms with Gasteiger partial charge in [0.25, 0.3) is 11.4 Å². The Morgan fingerprint density at radius 2 is 1.77 bits per heavy atom. The van der Waals surface area contributed by atoms with Gasteiger partial charge in [-0.25, -0.2) is 4.98 Å². The van der Waals surface area contributed by atoms with E-state index in [0.29, 0.717) is 26.6 Å². The molecular formula is C19H13BrClN5O5. The largest absolute Gasteiger partial charge is 0.486 e. The first-order valence-corrected chi connectivity index (χ1v) is 9.75. The van der Waals surface area contributed by atoms with Crippen molar-refractivity contribution in [3.8, 4) is 5.75 Å². The minimum absolute atomic E-state index is 0.00383. The van der Waals surface area contributed by atoms with Crippen LogP contribution in [0, 0.1) is 20.2 Å². The number of halogens is 2.